The van der Waals surface area contributed by atoms with Gasteiger partial charge in [-0.15, -0.1) is 11.3 Å². The molecule has 4 aromatic rings. The molecule has 286 valence electrons. The number of aryl methyl sites for hydroxylation is 2. The van der Waals surface area contributed by atoms with Crippen LogP contribution in [0.15, 0.2) is 89.9 Å². The number of ether oxygens (including phenoxy) is 3. The number of nitrogens with zero attached hydrogens (tertiary/aromatic N) is 5. The summed E-state index contributed by atoms with van der Waals surface area (Å²) in [6, 6.07) is 28.1. The average Bonchev–Trinajstić information content (AvgIpc) is 3.54. The van der Waals surface area contributed by atoms with Crippen LogP contribution in [0.2, 0.25) is 0 Å². The Kier molecular flexibility index (Phi) is 14.2. The van der Waals surface area contributed by atoms with E-state index < -0.39 is 0 Å². The third-order valence-corrected chi connectivity index (χ3v) is 12.6. The van der Waals surface area contributed by atoms with Crippen molar-refractivity contribution in [2.75, 3.05) is 76.4 Å². The number of fused-ring (bicyclic) bond motifs is 2. The number of hydrogen-bond acceptors (Lipinski definition) is 11. The molecule has 10 nitrogen and oxygen atoms in total. The summed E-state index contributed by atoms with van der Waals surface area (Å²) in [6.07, 6.45) is -0.336. The van der Waals surface area contributed by atoms with Crippen molar-refractivity contribution in [1.82, 2.24) is 14.7 Å². The molecule has 54 heavy (non-hydrogen) atoms. The molecule has 3 heterocycles. The largest absolute Gasteiger partial charge is 0.486 e. The molecular weight excluding hydrogens is 739 g/mol. The molecular formula is C41H49N5O5S3. The molecule has 1 unspecified atom stereocenters. The Morgan fingerprint density at radius 1 is 0.889 bits per heavy atom. The van der Waals surface area contributed by atoms with Crippen LogP contribution < -0.4 is 9.64 Å². The Labute approximate surface area is 330 Å². The summed E-state index contributed by atoms with van der Waals surface area (Å²) in [4.78, 5) is 41.8. The molecule has 0 saturated carbocycles. The van der Waals surface area contributed by atoms with Gasteiger partial charge in [0.05, 0.1) is 17.9 Å². The summed E-state index contributed by atoms with van der Waals surface area (Å²) < 4.78 is 17.7. The molecule has 0 radical (unpaired) electrons. The Hall–Kier alpha value is -4.17. The Morgan fingerprint density at radius 3 is 2.31 bits per heavy atom. The van der Waals surface area contributed by atoms with Crippen molar-refractivity contribution in [1.29, 1.82) is 0 Å². The Balaban J connectivity index is 0.933. The van der Waals surface area contributed by atoms with E-state index in [1.807, 2.05) is 85.8 Å². The standard InChI is InChI=1S/C41H49N5O5S3/c1-30-14-16-33(17-15-30)51-37(32-10-6-5-7-11-32)18-19-44(4)40(47)49-24-26-52-53-27-25-50-41(48)46-29-38-34(28-31(2)54-38)39(45-22-20-43(3)21-23-45)42-35-12-8-9-13-36(35)46/h5-17,28,37H,18-27,29H2,1-4H3/b42-39+. The lowest BCUT2D eigenvalue weighted by molar-refractivity contribution is 0.109. The molecule has 1 atom stereocenters. The quantitative estimate of drug-likeness (QED) is 0.0975. The molecule has 0 aliphatic carbocycles. The summed E-state index contributed by atoms with van der Waals surface area (Å²) >= 11 is 1.70. The molecule has 0 N–H and O–H groups in total. The smallest absolute Gasteiger partial charge is 0.414 e. The van der Waals surface area contributed by atoms with E-state index in [-0.39, 0.29) is 31.5 Å². The van der Waals surface area contributed by atoms with E-state index >= 15 is 0 Å². The number of piperazine rings is 1. The topological polar surface area (TPSA) is 87.1 Å². The van der Waals surface area contributed by atoms with Gasteiger partial charge in [0.2, 0.25) is 0 Å². The summed E-state index contributed by atoms with van der Waals surface area (Å²) in [7, 11) is 7.07. The zero-order chi connectivity index (χ0) is 37.9. The number of anilines is 1. The monoisotopic (exact) mass is 787 g/mol. The van der Waals surface area contributed by atoms with Gasteiger partial charge in [-0.2, -0.15) is 0 Å². The predicted molar refractivity (Wildman–Crippen MR) is 223 cm³/mol. The summed E-state index contributed by atoms with van der Waals surface area (Å²) in [5.41, 5.74) is 4.83. The minimum Gasteiger partial charge on any atom is -0.486 e. The number of hydrogen-bond donors (Lipinski definition) is 0. The molecule has 2 amide bonds. The lowest BCUT2D eigenvalue weighted by Gasteiger charge is -2.36. The maximum atomic E-state index is 13.6. The first-order valence-corrected chi connectivity index (χ1v) is 21.6. The second-order valence-corrected chi connectivity index (χ2v) is 17.5. The highest BCUT2D eigenvalue weighted by atomic mass is 33.1. The number of benzene rings is 3. The number of aliphatic imine (C=N–C) groups is 1. The first-order valence-electron chi connectivity index (χ1n) is 18.3. The van der Waals surface area contributed by atoms with Gasteiger partial charge in [-0.3, -0.25) is 4.90 Å². The normalized spacial score (nSPS) is 15.9. The summed E-state index contributed by atoms with van der Waals surface area (Å²) in [5.74, 6) is 3.00. The van der Waals surface area contributed by atoms with Gasteiger partial charge < -0.3 is 28.9 Å². The number of amidine groups is 1. The first kappa shape index (κ1) is 39.5. The lowest BCUT2D eigenvalue weighted by Crippen LogP contribution is -2.47. The number of carbonyl (C=O) groups excluding carboxylic acids is 2. The second-order valence-electron chi connectivity index (χ2n) is 13.4. The van der Waals surface area contributed by atoms with Crippen molar-refractivity contribution in [2.45, 2.75) is 32.9 Å². The summed E-state index contributed by atoms with van der Waals surface area (Å²) in [5, 5.41) is 0. The van der Waals surface area contributed by atoms with Gasteiger partial charge >= 0.3 is 12.2 Å². The van der Waals surface area contributed by atoms with E-state index in [4.69, 9.17) is 19.2 Å². The van der Waals surface area contributed by atoms with Crippen molar-refractivity contribution in [3.05, 3.63) is 111 Å². The van der Waals surface area contributed by atoms with Crippen molar-refractivity contribution in [3.8, 4) is 5.75 Å². The van der Waals surface area contributed by atoms with Crippen LogP contribution in [-0.2, 0) is 16.0 Å². The molecule has 2 aliphatic heterocycles. The van der Waals surface area contributed by atoms with E-state index in [1.54, 1.807) is 49.8 Å². The molecule has 0 spiro atoms. The maximum Gasteiger partial charge on any atom is 0.414 e. The average molecular weight is 788 g/mol. The van der Waals surface area contributed by atoms with Crippen LogP contribution in [0.5, 0.6) is 5.75 Å². The fourth-order valence-electron chi connectivity index (χ4n) is 6.26. The van der Waals surface area contributed by atoms with Crippen molar-refractivity contribution in [2.24, 2.45) is 4.99 Å². The molecule has 1 aromatic heterocycles. The molecule has 3 aromatic carbocycles. The SMILES string of the molecule is Cc1ccc(OC(CCN(C)C(=O)OCCSSCCOC(=O)N2Cc3sc(C)cc3/C(N3CCN(C)CC3)=N\c3ccccc32)c2ccccc2)cc1. The number of amides is 2. The molecule has 2 aliphatic rings. The van der Waals surface area contributed by atoms with Gasteiger partial charge in [0.25, 0.3) is 0 Å². The van der Waals surface area contributed by atoms with Crippen LogP contribution in [0.3, 0.4) is 0 Å². The van der Waals surface area contributed by atoms with Crippen LogP contribution in [0.25, 0.3) is 0 Å². The number of carbonyl (C=O) groups is 2. The van der Waals surface area contributed by atoms with Crippen molar-refractivity contribution < 1.29 is 23.8 Å². The zero-order valence-electron chi connectivity index (χ0n) is 31.4. The molecule has 6 rings (SSSR count). The van der Waals surface area contributed by atoms with Gasteiger partial charge in [0, 0.05) is 73.0 Å². The van der Waals surface area contributed by atoms with Crippen LogP contribution in [-0.4, -0.2) is 104 Å². The fraction of sp³-hybridized carbons (Fsp3) is 0.390. The maximum absolute atomic E-state index is 13.6. The summed E-state index contributed by atoms with van der Waals surface area (Å²) in [6.45, 7) is 9.39. The highest BCUT2D eigenvalue weighted by Gasteiger charge is 2.29. The van der Waals surface area contributed by atoms with Crippen LogP contribution >= 0.6 is 32.9 Å². The predicted octanol–water partition coefficient (Wildman–Crippen LogP) is 8.81. The van der Waals surface area contributed by atoms with E-state index in [9.17, 15) is 9.59 Å². The number of rotatable bonds is 13. The van der Waals surface area contributed by atoms with Crippen molar-refractivity contribution >= 4 is 62.3 Å². The zero-order valence-corrected chi connectivity index (χ0v) is 33.9. The van der Waals surface area contributed by atoms with E-state index in [0.29, 0.717) is 31.0 Å². The third-order valence-electron chi connectivity index (χ3n) is 9.27. The minimum atomic E-state index is -0.390. The molecule has 1 fully saturated rings. The van der Waals surface area contributed by atoms with Crippen LogP contribution in [0.1, 0.15) is 39.0 Å². The Bertz CT molecular complexity index is 1860. The van der Waals surface area contributed by atoms with E-state index in [1.165, 1.54) is 10.4 Å². The van der Waals surface area contributed by atoms with Crippen LogP contribution in [0, 0.1) is 13.8 Å². The minimum absolute atomic E-state index is 0.199. The van der Waals surface area contributed by atoms with Gasteiger partial charge in [0.1, 0.15) is 30.9 Å². The van der Waals surface area contributed by atoms with Gasteiger partial charge in [-0.1, -0.05) is 81.7 Å². The number of para-hydroxylation sites is 2. The Morgan fingerprint density at radius 2 is 1.57 bits per heavy atom. The molecule has 1 saturated heterocycles. The lowest BCUT2D eigenvalue weighted by atomic mass is 10.1. The molecule has 13 heteroatoms. The molecule has 0 bridgehead atoms. The number of thiophene rings is 1. The fourth-order valence-corrected chi connectivity index (χ4v) is 8.93. The third kappa shape index (κ3) is 10.7. The van der Waals surface area contributed by atoms with Gasteiger partial charge in [-0.05, 0) is 56.8 Å². The number of likely N-dealkylation sites (N-methyl/N-ethyl adjacent to an activating group) is 1. The first-order chi connectivity index (χ1) is 26.2. The van der Waals surface area contributed by atoms with Gasteiger partial charge in [-0.25, -0.2) is 14.6 Å². The second kappa shape index (κ2) is 19.4. The highest BCUT2D eigenvalue weighted by Crippen LogP contribution is 2.37. The van der Waals surface area contributed by atoms with E-state index in [0.717, 1.165) is 65.1 Å². The van der Waals surface area contributed by atoms with E-state index in [2.05, 4.69) is 29.8 Å². The van der Waals surface area contributed by atoms with Crippen molar-refractivity contribution in [3.63, 3.8) is 0 Å². The van der Waals surface area contributed by atoms with Crippen LogP contribution in [0.4, 0.5) is 21.0 Å². The van der Waals surface area contributed by atoms with Gasteiger partial charge in [0.15, 0.2) is 0 Å². The highest BCUT2D eigenvalue weighted by molar-refractivity contribution is 8.76.